The molecule has 2 N–H and O–H groups in total. The first-order valence-electron chi connectivity index (χ1n) is 7.88. The molecule has 0 aromatic heterocycles. The Morgan fingerprint density at radius 1 is 1.25 bits per heavy atom. The van der Waals surface area contributed by atoms with Gasteiger partial charge in [-0.05, 0) is 56.3 Å². The van der Waals surface area contributed by atoms with Gasteiger partial charge in [0.25, 0.3) is 0 Å². The van der Waals surface area contributed by atoms with E-state index in [2.05, 4.69) is 43.0 Å². The molecule has 0 saturated carbocycles. The number of hydrogen-bond donors (Lipinski definition) is 1. The molecule has 112 valence electrons. The summed E-state index contributed by atoms with van der Waals surface area (Å²) in [5.74, 6) is 1.64. The van der Waals surface area contributed by atoms with Crippen molar-refractivity contribution < 1.29 is 4.74 Å². The van der Waals surface area contributed by atoms with Crippen molar-refractivity contribution in [2.45, 2.75) is 45.7 Å². The van der Waals surface area contributed by atoms with Gasteiger partial charge in [-0.25, -0.2) is 0 Å². The van der Waals surface area contributed by atoms with Crippen LogP contribution in [0.5, 0.6) is 5.75 Å². The van der Waals surface area contributed by atoms with Crippen LogP contribution in [0.3, 0.4) is 0 Å². The minimum atomic E-state index is 0.661. The maximum absolute atomic E-state index is 5.83. The fourth-order valence-electron chi connectivity index (χ4n) is 2.82. The quantitative estimate of drug-likeness (QED) is 0.868. The molecule has 0 spiro atoms. The van der Waals surface area contributed by atoms with E-state index in [0.717, 1.165) is 38.4 Å². The van der Waals surface area contributed by atoms with Crippen molar-refractivity contribution in [2.75, 3.05) is 19.7 Å². The number of piperidine rings is 1. The van der Waals surface area contributed by atoms with Crippen LogP contribution >= 0.6 is 0 Å². The molecular weight excluding hydrogens is 248 g/mol. The van der Waals surface area contributed by atoms with E-state index in [0.29, 0.717) is 12.0 Å². The van der Waals surface area contributed by atoms with Gasteiger partial charge >= 0.3 is 0 Å². The number of benzene rings is 1. The zero-order valence-corrected chi connectivity index (χ0v) is 12.8. The molecule has 1 saturated heterocycles. The number of hydrogen-bond acceptors (Lipinski definition) is 3. The molecule has 1 aromatic rings. The van der Waals surface area contributed by atoms with E-state index in [1.807, 2.05) is 0 Å². The second kappa shape index (κ2) is 7.65. The van der Waals surface area contributed by atoms with Gasteiger partial charge in [-0.3, -0.25) is 4.90 Å². The summed E-state index contributed by atoms with van der Waals surface area (Å²) in [4.78, 5) is 2.56. The summed E-state index contributed by atoms with van der Waals surface area (Å²) >= 11 is 0. The zero-order chi connectivity index (χ0) is 14.4. The average Bonchev–Trinajstić information content (AvgIpc) is 2.49. The highest BCUT2D eigenvalue weighted by Crippen LogP contribution is 2.23. The lowest BCUT2D eigenvalue weighted by molar-refractivity contribution is 0.113. The molecule has 1 aliphatic heterocycles. The second-order valence-electron chi connectivity index (χ2n) is 5.95. The topological polar surface area (TPSA) is 38.5 Å². The maximum Gasteiger partial charge on any atom is 0.119 e. The molecule has 1 aromatic carbocycles. The van der Waals surface area contributed by atoms with Crippen molar-refractivity contribution in [3.8, 4) is 5.75 Å². The molecule has 0 bridgehead atoms. The molecule has 1 fully saturated rings. The average molecular weight is 276 g/mol. The summed E-state index contributed by atoms with van der Waals surface area (Å²) in [6.07, 6.45) is 3.59. The maximum atomic E-state index is 5.83. The van der Waals surface area contributed by atoms with Crippen molar-refractivity contribution >= 4 is 0 Å². The van der Waals surface area contributed by atoms with E-state index in [9.17, 15) is 0 Å². The summed E-state index contributed by atoms with van der Waals surface area (Å²) < 4.78 is 5.63. The molecule has 2 unspecified atom stereocenters. The normalized spacial score (nSPS) is 23.8. The molecule has 0 aliphatic carbocycles. The highest BCUT2D eigenvalue weighted by Gasteiger charge is 2.24. The third-order valence-electron chi connectivity index (χ3n) is 4.22. The van der Waals surface area contributed by atoms with Crippen molar-refractivity contribution in [2.24, 2.45) is 11.7 Å². The molecule has 1 aliphatic rings. The Balaban J connectivity index is 1.91. The predicted octanol–water partition coefficient (Wildman–Crippen LogP) is 3.03. The first-order chi connectivity index (χ1) is 9.72. The van der Waals surface area contributed by atoms with Crippen molar-refractivity contribution in [1.82, 2.24) is 4.90 Å². The molecule has 0 amide bonds. The SMILES string of the molecule is CCCOc1ccc(CN2CC(CN)CCC2C)cc1. The van der Waals surface area contributed by atoms with E-state index in [1.165, 1.54) is 18.4 Å². The Morgan fingerprint density at radius 2 is 2.00 bits per heavy atom. The van der Waals surface area contributed by atoms with Gasteiger partial charge in [-0.15, -0.1) is 0 Å². The van der Waals surface area contributed by atoms with Crippen LogP contribution in [0.25, 0.3) is 0 Å². The smallest absolute Gasteiger partial charge is 0.119 e. The molecular formula is C17H28N2O. The minimum Gasteiger partial charge on any atom is -0.494 e. The number of rotatable bonds is 6. The Bertz CT molecular complexity index is 390. The summed E-state index contributed by atoms with van der Waals surface area (Å²) in [5, 5.41) is 0. The minimum absolute atomic E-state index is 0.661. The Morgan fingerprint density at radius 3 is 2.65 bits per heavy atom. The summed E-state index contributed by atoms with van der Waals surface area (Å²) in [6.45, 7) is 8.20. The first kappa shape index (κ1) is 15.3. The summed E-state index contributed by atoms with van der Waals surface area (Å²) in [6, 6.07) is 9.20. The first-order valence-corrected chi connectivity index (χ1v) is 7.88. The van der Waals surface area contributed by atoms with Crippen LogP contribution in [-0.2, 0) is 6.54 Å². The highest BCUT2D eigenvalue weighted by molar-refractivity contribution is 5.27. The van der Waals surface area contributed by atoms with Crippen LogP contribution in [0.15, 0.2) is 24.3 Å². The molecule has 0 radical (unpaired) electrons. The lowest BCUT2D eigenvalue weighted by Gasteiger charge is -2.37. The van der Waals surface area contributed by atoms with Crippen LogP contribution in [0.2, 0.25) is 0 Å². The molecule has 2 rings (SSSR count). The predicted molar refractivity (Wildman–Crippen MR) is 83.9 cm³/mol. The fraction of sp³-hybridized carbons (Fsp3) is 0.647. The molecule has 1 heterocycles. The van der Waals surface area contributed by atoms with Gasteiger partial charge in [-0.1, -0.05) is 19.1 Å². The van der Waals surface area contributed by atoms with Gasteiger partial charge in [0.1, 0.15) is 5.75 Å². The van der Waals surface area contributed by atoms with Crippen LogP contribution in [0.1, 0.15) is 38.7 Å². The number of likely N-dealkylation sites (tertiary alicyclic amines) is 1. The van der Waals surface area contributed by atoms with E-state index < -0.39 is 0 Å². The Kier molecular flexibility index (Phi) is 5.86. The number of nitrogens with two attached hydrogens (primary N) is 1. The van der Waals surface area contributed by atoms with Crippen LogP contribution in [0, 0.1) is 5.92 Å². The van der Waals surface area contributed by atoms with Crippen LogP contribution < -0.4 is 10.5 Å². The Hall–Kier alpha value is -1.06. The standard InChI is InChI=1S/C17H28N2O/c1-3-10-20-17-8-6-15(7-9-17)12-19-13-16(11-18)5-4-14(19)2/h6-9,14,16H,3-5,10-13,18H2,1-2H3. The van der Waals surface area contributed by atoms with E-state index >= 15 is 0 Å². The van der Waals surface area contributed by atoms with Gasteiger partial charge in [-0.2, -0.15) is 0 Å². The number of ether oxygens (including phenoxy) is 1. The zero-order valence-electron chi connectivity index (χ0n) is 12.8. The molecule has 2 atom stereocenters. The van der Waals surface area contributed by atoms with Gasteiger partial charge in [0.2, 0.25) is 0 Å². The van der Waals surface area contributed by atoms with Crippen LogP contribution in [-0.4, -0.2) is 30.6 Å². The summed E-state index contributed by atoms with van der Waals surface area (Å²) in [7, 11) is 0. The van der Waals surface area contributed by atoms with Crippen LogP contribution in [0.4, 0.5) is 0 Å². The van der Waals surface area contributed by atoms with E-state index in [1.54, 1.807) is 0 Å². The lowest BCUT2D eigenvalue weighted by atomic mass is 9.93. The Labute approximate surface area is 123 Å². The largest absolute Gasteiger partial charge is 0.494 e. The van der Waals surface area contributed by atoms with Crippen molar-refractivity contribution in [1.29, 1.82) is 0 Å². The molecule has 20 heavy (non-hydrogen) atoms. The number of nitrogens with zero attached hydrogens (tertiary/aromatic N) is 1. The van der Waals surface area contributed by atoms with E-state index in [4.69, 9.17) is 10.5 Å². The third-order valence-corrected chi connectivity index (χ3v) is 4.22. The van der Waals surface area contributed by atoms with Crippen molar-refractivity contribution in [3.05, 3.63) is 29.8 Å². The van der Waals surface area contributed by atoms with Gasteiger partial charge in [0.15, 0.2) is 0 Å². The fourth-order valence-corrected chi connectivity index (χ4v) is 2.82. The second-order valence-corrected chi connectivity index (χ2v) is 5.95. The van der Waals surface area contributed by atoms with Gasteiger partial charge < -0.3 is 10.5 Å². The summed E-state index contributed by atoms with van der Waals surface area (Å²) in [5.41, 5.74) is 7.19. The monoisotopic (exact) mass is 276 g/mol. The molecule has 3 nitrogen and oxygen atoms in total. The lowest BCUT2D eigenvalue weighted by Crippen LogP contribution is -2.43. The highest BCUT2D eigenvalue weighted by atomic mass is 16.5. The van der Waals surface area contributed by atoms with Gasteiger partial charge in [0, 0.05) is 19.1 Å². The molecule has 3 heteroatoms. The van der Waals surface area contributed by atoms with E-state index in [-0.39, 0.29) is 0 Å². The van der Waals surface area contributed by atoms with Gasteiger partial charge in [0.05, 0.1) is 6.61 Å². The van der Waals surface area contributed by atoms with Crippen molar-refractivity contribution in [3.63, 3.8) is 0 Å². The third kappa shape index (κ3) is 4.22.